The highest BCUT2D eigenvalue weighted by molar-refractivity contribution is 7.80. The molecule has 0 bridgehead atoms. The van der Waals surface area contributed by atoms with Gasteiger partial charge < -0.3 is 10.6 Å². The van der Waals surface area contributed by atoms with Gasteiger partial charge in [-0.3, -0.25) is 5.32 Å². The first kappa shape index (κ1) is 17.3. The van der Waals surface area contributed by atoms with Crippen molar-refractivity contribution in [1.82, 2.24) is 20.6 Å². The summed E-state index contributed by atoms with van der Waals surface area (Å²) in [6, 6.07) is 12.5. The van der Waals surface area contributed by atoms with E-state index >= 15 is 0 Å². The van der Waals surface area contributed by atoms with E-state index in [-0.39, 0.29) is 0 Å². The number of aromatic nitrogens is 2. The van der Waals surface area contributed by atoms with Crippen LogP contribution in [0.25, 0.3) is 0 Å². The predicted octanol–water partition coefficient (Wildman–Crippen LogP) is 2.69. The van der Waals surface area contributed by atoms with Gasteiger partial charge in [-0.25, -0.2) is 15.0 Å². The van der Waals surface area contributed by atoms with E-state index in [1.54, 1.807) is 0 Å². The van der Waals surface area contributed by atoms with Crippen molar-refractivity contribution >= 4 is 29.2 Å². The molecule has 130 valence electrons. The van der Waals surface area contributed by atoms with Gasteiger partial charge in [-0.05, 0) is 50.5 Å². The third-order valence-corrected chi connectivity index (χ3v) is 3.84. The second-order valence-electron chi connectivity index (χ2n) is 6.12. The van der Waals surface area contributed by atoms with E-state index in [0.29, 0.717) is 29.6 Å². The van der Waals surface area contributed by atoms with Crippen LogP contribution in [0, 0.1) is 13.8 Å². The molecule has 1 fully saturated rings. The molecule has 0 saturated heterocycles. The number of thiocarbonyl (C=S) groups is 1. The molecule has 0 amide bonds. The maximum Gasteiger partial charge on any atom is 0.229 e. The third kappa shape index (κ3) is 5.79. The number of hydrogen-bond donors (Lipinski definition) is 3. The van der Waals surface area contributed by atoms with Crippen LogP contribution in [0.3, 0.4) is 0 Å². The van der Waals surface area contributed by atoms with Crippen molar-refractivity contribution in [2.45, 2.75) is 39.3 Å². The number of aliphatic imine (C=N–C) groups is 1. The summed E-state index contributed by atoms with van der Waals surface area (Å²) in [5.41, 5.74) is 2.91. The molecule has 1 aromatic carbocycles. The number of hydrogen-bond acceptors (Lipinski definition) is 4. The van der Waals surface area contributed by atoms with Gasteiger partial charge in [0.1, 0.15) is 0 Å². The SMILES string of the molecule is Cc1cc(C)nc(NC(=NCc2ccccc2)NC(=S)NC2CC2)n1. The number of nitrogens with zero attached hydrogens (tertiary/aromatic N) is 3. The summed E-state index contributed by atoms with van der Waals surface area (Å²) in [5, 5.41) is 10.1. The van der Waals surface area contributed by atoms with Crippen LogP contribution in [-0.4, -0.2) is 27.1 Å². The fourth-order valence-electron chi connectivity index (χ4n) is 2.31. The minimum Gasteiger partial charge on any atom is -0.360 e. The molecule has 7 heteroatoms. The van der Waals surface area contributed by atoms with E-state index in [1.165, 1.54) is 0 Å². The van der Waals surface area contributed by atoms with Gasteiger partial charge in [-0.15, -0.1) is 0 Å². The Balaban J connectivity index is 1.73. The Morgan fingerprint density at radius 3 is 2.48 bits per heavy atom. The first-order chi connectivity index (χ1) is 12.1. The molecule has 1 heterocycles. The van der Waals surface area contributed by atoms with Crippen molar-refractivity contribution in [3.8, 4) is 0 Å². The van der Waals surface area contributed by atoms with Gasteiger partial charge in [0.15, 0.2) is 5.11 Å². The third-order valence-electron chi connectivity index (χ3n) is 3.62. The molecule has 0 radical (unpaired) electrons. The number of guanidine groups is 1. The quantitative estimate of drug-likeness (QED) is 0.445. The molecular formula is C18H22N6S. The summed E-state index contributed by atoms with van der Waals surface area (Å²) in [7, 11) is 0. The van der Waals surface area contributed by atoms with Crippen molar-refractivity contribution in [2.75, 3.05) is 5.32 Å². The first-order valence-electron chi connectivity index (χ1n) is 8.34. The molecule has 1 aromatic heterocycles. The standard InChI is InChI=1S/C18H22N6S/c1-12-10-13(2)21-17(20-12)23-16(24-18(25)22-15-8-9-15)19-11-14-6-4-3-5-7-14/h3-7,10,15H,8-9,11H2,1-2H3,(H3,19,20,21,22,23,24,25). The van der Waals surface area contributed by atoms with Crippen LogP contribution in [0.5, 0.6) is 0 Å². The van der Waals surface area contributed by atoms with E-state index < -0.39 is 0 Å². The summed E-state index contributed by atoms with van der Waals surface area (Å²) in [6.45, 7) is 4.41. The van der Waals surface area contributed by atoms with Crippen LogP contribution in [0.2, 0.25) is 0 Å². The van der Waals surface area contributed by atoms with Crippen LogP contribution >= 0.6 is 12.2 Å². The second-order valence-corrected chi connectivity index (χ2v) is 6.53. The lowest BCUT2D eigenvalue weighted by Gasteiger charge is -2.14. The molecule has 3 N–H and O–H groups in total. The average Bonchev–Trinajstić information content (AvgIpc) is 3.36. The minimum absolute atomic E-state index is 0.479. The smallest absolute Gasteiger partial charge is 0.229 e. The lowest BCUT2D eigenvalue weighted by Crippen LogP contribution is -2.43. The van der Waals surface area contributed by atoms with E-state index in [0.717, 1.165) is 29.8 Å². The topological polar surface area (TPSA) is 74.2 Å². The predicted molar refractivity (Wildman–Crippen MR) is 105 cm³/mol. The van der Waals surface area contributed by atoms with E-state index in [9.17, 15) is 0 Å². The molecule has 3 rings (SSSR count). The largest absolute Gasteiger partial charge is 0.360 e. The van der Waals surface area contributed by atoms with Crippen LogP contribution in [0.1, 0.15) is 29.8 Å². The summed E-state index contributed by atoms with van der Waals surface area (Å²) in [4.78, 5) is 13.4. The molecule has 1 saturated carbocycles. The van der Waals surface area contributed by atoms with Crippen molar-refractivity contribution < 1.29 is 0 Å². The monoisotopic (exact) mass is 354 g/mol. The molecule has 0 unspecified atom stereocenters. The minimum atomic E-state index is 0.479. The molecule has 0 atom stereocenters. The maximum absolute atomic E-state index is 5.36. The van der Waals surface area contributed by atoms with Gasteiger partial charge in [-0.2, -0.15) is 0 Å². The Kier molecular flexibility index (Phi) is 5.55. The number of rotatable bonds is 4. The van der Waals surface area contributed by atoms with Gasteiger partial charge in [0.05, 0.1) is 6.54 Å². The van der Waals surface area contributed by atoms with Crippen molar-refractivity contribution in [3.63, 3.8) is 0 Å². The number of anilines is 1. The molecule has 2 aromatic rings. The summed E-state index contributed by atoms with van der Waals surface area (Å²) >= 11 is 5.36. The summed E-state index contributed by atoms with van der Waals surface area (Å²) < 4.78 is 0. The zero-order valence-corrected chi connectivity index (χ0v) is 15.2. The van der Waals surface area contributed by atoms with Gasteiger partial charge in [0, 0.05) is 17.4 Å². The fourth-order valence-corrected chi connectivity index (χ4v) is 2.57. The highest BCUT2D eigenvalue weighted by Gasteiger charge is 2.22. The molecule has 0 aliphatic heterocycles. The van der Waals surface area contributed by atoms with Crippen molar-refractivity contribution in [2.24, 2.45) is 4.99 Å². The zero-order valence-electron chi connectivity index (χ0n) is 14.4. The fraction of sp³-hybridized carbons (Fsp3) is 0.333. The Morgan fingerprint density at radius 2 is 1.84 bits per heavy atom. The van der Waals surface area contributed by atoms with Crippen LogP contribution in [0.15, 0.2) is 41.4 Å². The number of nitrogens with one attached hydrogen (secondary N) is 3. The number of aryl methyl sites for hydroxylation is 2. The summed E-state index contributed by atoms with van der Waals surface area (Å²) in [6.07, 6.45) is 2.32. The van der Waals surface area contributed by atoms with Gasteiger partial charge in [-0.1, -0.05) is 30.3 Å². The lowest BCUT2D eigenvalue weighted by molar-refractivity contribution is 0.896. The highest BCUT2D eigenvalue weighted by atomic mass is 32.1. The Morgan fingerprint density at radius 1 is 1.16 bits per heavy atom. The average molecular weight is 354 g/mol. The van der Waals surface area contributed by atoms with E-state index in [2.05, 4.69) is 30.9 Å². The molecule has 1 aliphatic rings. The van der Waals surface area contributed by atoms with Gasteiger partial charge in [0.25, 0.3) is 0 Å². The van der Waals surface area contributed by atoms with Gasteiger partial charge >= 0.3 is 0 Å². The van der Waals surface area contributed by atoms with Crippen LogP contribution in [0.4, 0.5) is 5.95 Å². The number of benzene rings is 1. The zero-order chi connectivity index (χ0) is 17.6. The first-order valence-corrected chi connectivity index (χ1v) is 8.74. The second kappa shape index (κ2) is 8.02. The van der Waals surface area contributed by atoms with Crippen LogP contribution in [-0.2, 0) is 6.54 Å². The Bertz CT molecular complexity index is 750. The van der Waals surface area contributed by atoms with Gasteiger partial charge in [0.2, 0.25) is 11.9 Å². The van der Waals surface area contributed by atoms with E-state index in [4.69, 9.17) is 12.2 Å². The Labute approximate surface area is 153 Å². The molecule has 6 nitrogen and oxygen atoms in total. The molecular weight excluding hydrogens is 332 g/mol. The molecule has 25 heavy (non-hydrogen) atoms. The van der Waals surface area contributed by atoms with Crippen molar-refractivity contribution in [1.29, 1.82) is 0 Å². The maximum atomic E-state index is 5.36. The Hall–Kier alpha value is -2.54. The van der Waals surface area contributed by atoms with Crippen LogP contribution < -0.4 is 16.0 Å². The van der Waals surface area contributed by atoms with E-state index in [1.807, 2.05) is 50.2 Å². The lowest BCUT2D eigenvalue weighted by atomic mass is 10.2. The highest BCUT2D eigenvalue weighted by Crippen LogP contribution is 2.18. The summed E-state index contributed by atoms with van der Waals surface area (Å²) in [5.74, 6) is 1.04. The molecule has 1 aliphatic carbocycles. The van der Waals surface area contributed by atoms with Crippen molar-refractivity contribution in [3.05, 3.63) is 53.3 Å². The molecule has 0 spiro atoms. The normalized spacial score (nSPS) is 14.1.